The molecule has 2 heterocycles. The van der Waals surface area contributed by atoms with Gasteiger partial charge in [-0.2, -0.15) is 0 Å². The Kier molecular flexibility index (Phi) is 4.58. The molecule has 0 bridgehead atoms. The van der Waals surface area contributed by atoms with Crippen molar-refractivity contribution in [3.05, 3.63) is 35.4 Å². The summed E-state index contributed by atoms with van der Waals surface area (Å²) in [6.45, 7) is 3.02. The zero-order valence-corrected chi connectivity index (χ0v) is 15.4. The van der Waals surface area contributed by atoms with E-state index in [0.29, 0.717) is 18.8 Å². The van der Waals surface area contributed by atoms with Gasteiger partial charge in [0.05, 0.1) is 17.4 Å². The summed E-state index contributed by atoms with van der Waals surface area (Å²) in [7, 11) is -2.85. The summed E-state index contributed by atoms with van der Waals surface area (Å²) in [5.74, 6) is 0.862. The van der Waals surface area contributed by atoms with E-state index < -0.39 is 9.84 Å². The van der Waals surface area contributed by atoms with E-state index in [9.17, 15) is 13.2 Å². The molecule has 2 saturated heterocycles. The van der Waals surface area contributed by atoms with Crippen LogP contribution in [0.5, 0.6) is 0 Å². The second-order valence-electron chi connectivity index (χ2n) is 7.56. The quantitative estimate of drug-likeness (QED) is 0.799. The molecule has 6 heteroatoms. The van der Waals surface area contributed by atoms with Crippen molar-refractivity contribution >= 4 is 15.7 Å². The monoisotopic (exact) mass is 362 g/mol. The largest absolute Gasteiger partial charge is 0.340 e. The van der Waals surface area contributed by atoms with Gasteiger partial charge in [-0.15, -0.1) is 0 Å². The van der Waals surface area contributed by atoms with Crippen LogP contribution < -0.4 is 0 Å². The minimum Gasteiger partial charge on any atom is -0.340 e. The first-order valence-corrected chi connectivity index (χ1v) is 11.2. The van der Waals surface area contributed by atoms with Crippen LogP contribution in [0.15, 0.2) is 24.3 Å². The van der Waals surface area contributed by atoms with E-state index in [2.05, 4.69) is 23.1 Å². The minimum atomic E-state index is -2.85. The molecule has 2 atom stereocenters. The van der Waals surface area contributed by atoms with Gasteiger partial charge in [-0.1, -0.05) is 24.3 Å². The summed E-state index contributed by atoms with van der Waals surface area (Å²) in [6, 6.07) is 8.49. The highest BCUT2D eigenvalue weighted by Crippen LogP contribution is 2.33. The maximum atomic E-state index is 13.1. The smallest absolute Gasteiger partial charge is 0.230 e. The summed E-state index contributed by atoms with van der Waals surface area (Å²) in [6.07, 6.45) is 3.83. The number of hydrogen-bond donors (Lipinski definition) is 0. The van der Waals surface area contributed by atoms with Gasteiger partial charge in [0.25, 0.3) is 0 Å². The molecule has 0 aromatic heterocycles. The molecule has 0 radical (unpaired) electrons. The lowest BCUT2D eigenvalue weighted by molar-refractivity contribution is -0.135. The van der Waals surface area contributed by atoms with Crippen molar-refractivity contribution in [2.45, 2.75) is 37.6 Å². The summed E-state index contributed by atoms with van der Waals surface area (Å²) < 4.78 is 23.4. The molecule has 136 valence electrons. The molecule has 0 N–H and O–H groups in total. The molecule has 0 spiro atoms. The number of aryl methyl sites for hydroxylation is 1. The molecule has 2 unspecified atom stereocenters. The predicted molar refractivity (Wildman–Crippen MR) is 97.3 cm³/mol. The predicted octanol–water partition coefficient (Wildman–Crippen LogP) is 1.44. The van der Waals surface area contributed by atoms with E-state index in [1.807, 2.05) is 11.0 Å². The average molecular weight is 362 g/mol. The topological polar surface area (TPSA) is 57.7 Å². The van der Waals surface area contributed by atoms with Crippen LogP contribution >= 0.6 is 0 Å². The molecular formula is C19H26N2O3S. The van der Waals surface area contributed by atoms with E-state index in [0.717, 1.165) is 38.8 Å². The average Bonchev–Trinajstić information content (AvgIpc) is 3.01. The first kappa shape index (κ1) is 17.0. The summed E-state index contributed by atoms with van der Waals surface area (Å²) in [5.41, 5.74) is 2.53. The number of carbonyl (C=O) groups is 1. The number of rotatable bonds is 2. The van der Waals surface area contributed by atoms with Crippen molar-refractivity contribution in [2.75, 3.05) is 37.7 Å². The molecule has 1 aliphatic carbocycles. The van der Waals surface area contributed by atoms with Crippen molar-refractivity contribution in [1.29, 1.82) is 0 Å². The van der Waals surface area contributed by atoms with Gasteiger partial charge in [-0.3, -0.25) is 9.69 Å². The number of amides is 1. The van der Waals surface area contributed by atoms with Gasteiger partial charge in [0.1, 0.15) is 0 Å². The van der Waals surface area contributed by atoms with Gasteiger partial charge >= 0.3 is 0 Å². The fourth-order valence-electron chi connectivity index (χ4n) is 4.60. The summed E-state index contributed by atoms with van der Waals surface area (Å²) >= 11 is 0. The van der Waals surface area contributed by atoms with E-state index in [1.54, 1.807) is 0 Å². The Balaban J connectivity index is 1.39. The van der Waals surface area contributed by atoms with Crippen LogP contribution in [0.3, 0.4) is 0 Å². The lowest BCUT2D eigenvalue weighted by atomic mass is 9.82. The van der Waals surface area contributed by atoms with Crippen molar-refractivity contribution in [3.8, 4) is 0 Å². The number of hydrogen-bond acceptors (Lipinski definition) is 4. The van der Waals surface area contributed by atoms with Crippen LogP contribution in [0.1, 0.15) is 36.3 Å². The Morgan fingerprint density at radius 2 is 1.80 bits per heavy atom. The zero-order valence-electron chi connectivity index (χ0n) is 14.6. The molecule has 1 aromatic rings. The molecular weight excluding hydrogens is 336 g/mol. The maximum absolute atomic E-state index is 13.1. The fraction of sp³-hybridized carbons (Fsp3) is 0.632. The molecule has 1 amide bonds. The first-order chi connectivity index (χ1) is 12.0. The van der Waals surface area contributed by atoms with E-state index in [-0.39, 0.29) is 23.6 Å². The van der Waals surface area contributed by atoms with Crippen LogP contribution in [0.25, 0.3) is 0 Å². The molecule has 2 aliphatic heterocycles. The number of sulfone groups is 1. The molecule has 2 fully saturated rings. The van der Waals surface area contributed by atoms with Crippen molar-refractivity contribution in [2.24, 2.45) is 0 Å². The van der Waals surface area contributed by atoms with E-state index in [1.165, 1.54) is 11.1 Å². The number of fused-ring (bicyclic) bond motifs is 1. The highest BCUT2D eigenvalue weighted by atomic mass is 32.2. The van der Waals surface area contributed by atoms with Gasteiger partial charge in [-0.05, 0) is 36.8 Å². The number of carbonyl (C=O) groups excluding carboxylic acids is 1. The number of benzene rings is 1. The second kappa shape index (κ2) is 6.72. The van der Waals surface area contributed by atoms with Crippen LogP contribution in [-0.2, 0) is 21.1 Å². The molecule has 5 nitrogen and oxygen atoms in total. The van der Waals surface area contributed by atoms with Gasteiger partial charge in [-0.25, -0.2) is 8.42 Å². The van der Waals surface area contributed by atoms with Gasteiger partial charge in [0.15, 0.2) is 9.84 Å². The summed E-state index contributed by atoms with van der Waals surface area (Å²) in [5, 5.41) is 0. The third-order valence-electron chi connectivity index (χ3n) is 6.02. The third-order valence-corrected chi connectivity index (χ3v) is 7.77. The Hall–Kier alpha value is -1.40. The van der Waals surface area contributed by atoms with E-state index >= 15 is 0 Å². The Morgan fingerprint density at radius 1 is 1.04 bits per heavy atom. The minimum absolute atomic E-state index is 0.00311. The molecule has 4 rings (SSSR count). The normalized spacial score (nSPS) is 29.4. The number of piperazine rings is 1. The maximum Gasteiger partial charge on any atom is 0.230 e. The standard InChI is InChI=1S/C19H26N2O3S/c22-19(18-7-3-5-15-4-1-2-6-17(15)18)21-11-9-20(10-12-21)16-8-13-25(23,24)14-16/h1-2,4,6,16,18H,3,5,7-14H2. The van der Waals surface area contributed by atoms with Gasteiger partial charge in [0.2, 0.25) is 5.91 Å². The molecule has 0 saturated carbocycles. The van der Waals surface area contributed by atoms with Crippen LogP contribution in [-0.4, -0.2) is 67.9 Å². The SMILES string of the molecule is O=C(C1CCCc2ccccc21)N1CCN(C2CCS(=O)(=O)C2)CC1. The van der Waals surface area contributed by atoms with Crippen molar-refractivity contribution in [3.63, 3.8) is 0 Å². The molecule has 3 aliphatic rings. The van der Waals surface area contributed by atoms with Crippen LogP contribution in [0.4, 0.5) is 0 Å². The highest BCUT2D eigenvalue weighted by Gasteiger charge is 2.36. The fourth-order valence-corrected chi connectivity index (χ4v) is 6.36. The second-order valence-corrected chi connectivity index (χ2v) is 9.79. The van der Waals surface area contributed by atoms with Crippen molar-refractivity contribution in [1.82, 2.24) is 9.80 Å². The van der Waals surface area contributed by atoms with Crippen LogP contribution in [0, 0.1) is 0 Å². The lowest BCUT2D eigenvalue weighted by Crippen LogP contribution is -2.53. The van der Waals surface area contributed by atoms with Gasteiger partial charge < -0.3 is 4.90 Å². The number of nitrogens with zero attached hydrogens (tertiary/aromatic N) is 2. The Bertz CT molecular complexity index is 754. The highest BCUT2D eigenvalue weighted by molar-refractivity contribution is 7.91. The lowest BCUT2D eigenvalue weighted by Gasteiger charge is -2.39. The zero-order chi connectivity index (χ0) is 17.4. The van der Waals surface area contributed by atoms with E-state index in [4.69, 9.17) is 0 Å². The van der Waals surface area contributed by atoms with Gasteiger partial charge in [0, 0.05) is 32.2 Å². The van der Waals surface area contributed by atoms with Crippen molar-refractivity contribution < 1.29 is 13.2 Å². The third kappa shape index (κ3) is 3.47. The molecule has 25 heavy (non-hydrogen) atoms. The molecule has 1 aromatic carbocycles. The Morgan fingerprint density at radius 3 is 2.52 bits per heavy atom. The Labute approximate surface area is 149 Å². The summed E-state index contributed by atoms with van der Waals surface area (Å²) in [4.78, 5) is 17.3. The first-order valence-electron chi connectivity index (χ1n) is 9.34. The van der Waals surface area contributed by atoms with Crippen LogP contribution in [0.2, 0.25) is 0 Å².